The molecule has 0 aliphatic heterocycles. The van der Waals surface area contributed by atoms with Gasteiger partial charge < -0.3 is 14.9 Å². The van der Waals surface area contributed by atoms with Crippen molar-refractivity contribution >= 4 is 5.97 Å². The molecule has 1 aromatic heterocycles. The second-order valence-electron chi connectivity index (χ2n) is 4.22. The number of carboxylic acid groups (broad SMARTS) is 1. The van der Waals surface area contributed by atoms with Gasteiger partial charge in [0.15, 0.2) is 0 Å². The highest BCUT2D eigenvalue weighted by Crippen LogP contribution is 2.23. The number of carbonyl (C=O) groups is 1. The fourth-order valence-electron chi connectivity index (χ4n) is 1.99. The lowest BCUT2D eigenvalue weighted by Crippen LogP contribution is -2.34. The van der Waals surface area contributed by atoms with E-state index in [2.05, 4.69) is 4.98 Å². The van der Waals surface area contributed by atoms with Crippen molar-refractivity contribution < 1.29 is 19.7 Å². The first-order valence-corrected chi connectivity index (χ1v) is 5.70. The summed E-state index contributed by atoms with van der Waals surface area (Å²) < 4.78 is 5.58. The zero-order chi connectivity index (χ0) is 12.3. The Kier molecular flexibility index (Phi) is 3.58. The molecule has 0 saturated heterocycles. The Bertz CT molecular complexity index is 407. The Morgan fingerprint density at radius 2 is 2.12 bits per heavy atom. The van der Waals surface area contributed by atoms with Gasteiger partial charge in [-0.2, -0.15) is 0 Å². The lowest BCUT2D eigenvalue weighted by molar-refractivity contribution is 0.00664. The topological polar surface area (TPSA) is 79.7 Å². The summed E-state index contributed by atoms with van der Waals surface area (Å²) in [4.78, 5) is 14.6. The number of hydrogen-bond acceptors (Lipinski definition) is 4. The number of aliphatic hydroxyl groups is 1. The second-order valence-corrected chi connectivity index (χ2v) is 4.22. The number of aliphatic hydroxyl groups excluding tert-OH is 1. The van der Waals surface area contributed by atoms with E-state index < -0.39 is 12.1 Å². The van der Waals surface area contributed by atoms with Gasteiger partial charge in [-0.1, -0.05) is 6.42 Å². The first kappa shape index (κ1) is 11.9. The van der Waals surface area contributed by atoms with E-state index in [9.17, 15) is 9.90 Å². The van der Waals surface area contributed by atoms with Crippen LogP contribution in [0.25, 0.3) is 0 Å². The SMILES string of the molecule is O=C(O)c1cncc(OC2CCCCC2O)c1. The number of aromatic nitrogens is 1. The smallest absolute Gasteiger partial charge is 0.337 e. The first-order valence-electron chi connectivity index (χ1n) is 5.70. The van der Waals surface area contributed by atoms with Gasteiger partial charge in [0.2, 0.25) is 0 Å². The second kappa shape index (κ2) is 5.14. The molecule has 2 unspecified atom stereocenters. The molecule has 0 spiro atoms. The van der Waals surface area contributed by atoms with Gasteiger partial charge in [-0.05, 0) is 25.3 Å². The van der Waals surface area contributed by atoms with E-state index in [1.807, 2.05) is 0 Å². The molecule has 1 fully saturated rings. The molecule has 1 aliphatic rings. The van der Waals surface area contributed by atoms with Crippen LogP contribution in [0.2, 0.25) is 0 Å². The Morgan fingerprint density at radius 3 is 2.82 bits per heavy atom. The largest absolute Gasteiger partial charge is 0.486 e. The first-order chi connectivity index (χ1) is 8.16. The predicted molar refractivity (Wildman–Crippen MR) is 60.1 cm³/mol. The summed E-state index contributed by atoms with van der Waals surface area (Å²) in [5, 5.41) is 18.6. The van der Waals surface area contributed by atoms with Crippen LogP contribution in [0.3, 0.4) is 0 Å². The molecule has 0 radical (unpaired) electrons. The summed E-state index contributed by atoms with van der Waals surface area (Å²) in [5.74, 6) is -0.636. The molecule has 1 heterocycles. The van der Waals surface area contributed by atoms with Crippen LogP contribution < -0.4 is 4.74 Å². The summed E-state index contributed by atoms with van der Waals surface area (Å²) in [6, 6.07) is 1.43. The van der Waals surface area contributed by atoms with Gasteiger partial charge in [-0.3, -0.25) is 4.98 Å². The average Bonchev–Trinajstić information content (AvgIpc) is 2.32. The molecule has 5 heteroatoms. The molecule has 92 valence electrons. The Labute approximate surface area is 99.1 Å². The maximum Gasteiger partial charge on any atom is 0.337 e. The molecule has 2 rings (SSSR count). The van der Waals surface area contributed by atoms with Gasteiger partial charge in [0, 0.05) is 6.20 Å². The number of pyridine rings is 1. The van der Waals surface area contributed by atoms with Crippen LogP contribution in [0, 0.1) is 0 Å². The molecule has 0 aromatic carbocycles. The van der Waals surface area contributed by atoms with E-state index in [0.717, 1.165) is 25.7 Å². The normalized spacial score (nSPS) is 24.3. The molecule has 5 nitrogen and oxygen atoms in total. The number of carboxylic acids is 1. The van der Waals surface area contributed by atoms with Crippen LogP contribution in [-0.4, -0.2) is 33.4 Å². The van der Waals surface area contributed by atoms with Crippen molar-refractivity contribution in [2.24, 2.45) is 0 Å². The molecule has 1 saturated carbocycles. The zero-order valence-electron chi connectivity index (χ0n) is 9.37. The predicted octanol–water partition coefficient (Wildman–Crippen LogP) is 1.46. The Morgan fingerprint density at radius 1 is 1.35 bits per heavy atom. The van der Waals surface area contributed by atoms with Crippen molar-refractivity contribution in [2.45, 2.75) is 37.9 Å². The highest BCUT2D eigenvalue weighted by molar-refractivity contribution is 5.87. The molecule has 2 atom stereocenters. The monoisotopic (exact) mass is 237 g/mol. The number of aromatic carboxylic acids is 1. The molecular formula is C12H15NO4. The van der Waals surface area contributed by atoms with Gasteiger partial charge in [0.05, 0.1) is 17.9 Å². The van der Waals surface area contributed by atoms with Crippen LogP contribution in [0.4, 0.5) is 0 Å². The lowest BCUT2D eigenvalue weighted by Gasteiger charge is -2.28. The van der Waals surface area contributed by atoms with Gasteiger partial charge in [-0.25, -0.2) is 4.79 Å². The summed E-state index contributed by atoms with van der Waals surface area (Å²) >= 11 is 0. The van der Waals surface area contributed by atoms with Crippen LogP contribution >= 0.6 is 0 Å². The van der Waals surface area contributed by atoms with E-state index in [1.54, 1.807) is 0 Å². The fraction of sp³-hybridized carbons (Fsp3) is 0.500. The van der Waals surface area contributed by atoms with Crippen molar-refractivity contribution in [3.63, 3.8) is 0 Å². The number of rotatable bonds is 3. The van der Waals surface area contributed by atoms with Crippen LogP contribution in [-0.2, 0) is 0 Å². The summed E-state index contributed by atoms with van der Waals surface area (Å²) in [6.45, 7) is 0. The quantitative estimate of drug-likeness (QED) is 0.832. The van der Waals surface area contributed by atoms with E-state index >= 15 is 0 Å². The highest BCUT2D eigenvalue weighted by Gasteiger charge is 2.24. The minimum absolute atomic E-state index is 0.0906. The van der Waals surface area contributed by atoms with E-state index in [4.69, 9.17) is 9.84 Å². The third-order valence-electron chi connectivity index (χ3n) is 2.92. The highest BCUT2D eigenvalue weighted by atomic mass is 16.5. The van der Waals surface area contributed by atoms with Crippen molar-refractivity contribution in [3.05, 3.63) is 24.0 Å². The van der Waals surface area contributed by atoms with Gasteiger partial charge >= 0.3 is 5.97 Å². The molecule has 1 aliphatic carbocycles. The van der Waals surface area contributed by atoms with Gasteiger partial charge in [0.1, 0.15) is 11.9 Å². The van der Waals surface area contributed by atoms with Crippen molar-refractivity contribution in [2.75, 3.05) is 0 Å². The third kappa shape index (κ3) is 2.94. The van der Waals surface area contributed by atoms with Crippen LogP contribution in [0.15, 0.2) is 18.5 Å². The summed E-state index contributed by atoms with van der Waals surface area (Å²) in [7, 11) is 0. The lowest BCUT2D eigenvalue weighted by atomic mass is 9.95. The van der Waals surface area contributed by atoms with E-state index in [-0.39, 0.29) is 11.7 Å². The van der Waals surface area contributed by atoms with Crippen molar-refractivity contribution in [1.82, 2.24) is 4.98 Å². The van der Waals surface area contributed by atoms with E-state index in [0.29, 0.717) is 5.75 Å². The molecular weight excluding hydrogens is 222 g/mol. The summed E-state index contributed by atoms with van der Waals surface area (Å²) in [5.41, 5.74) is 0.0906. The van der Waals surface area contributed by atoms with Crippen LogP contribution in [0.1, 0.15) is 36.0 Å². The van der Waals surface area contributed by atoms with E-state index in [1.165, 1.54) is 18.5 Å². The van der Waals surface area contributed by atoms with Gasteiger partial charge in [-0.15, -0.1) is 0 Å². The van der Waals surface area contributed by atoms with Gasteiger partial charge in [0.25, 0.3) is 0 Å². The average molecular weight is 237 g/mol. The number of ether oxygens (including phenoxy) is 1. The minimum Gasteiger partial charge on any atom is -0.486 e. The molecule has 0 bridgehead atoms. The maximum atomic E-state index is 10.8. The Hall–Kier alpha value is -1.62. The standard InChI is InChI=1S/C12H15NO4/c14-10-3-1-2-4-11(10)17-9-5-8(12(15)16)6-13-7-9/h5-7,10-11,14H,1-4H2,(H,15,16). The molecule has 1 aromatic rings. The molecule has 17 heavy (non-hydrogen) atoms. The Balaban J connectivity index is 2.07. The summed E-state index contributed by atoms with van der Waals surface area (Å²) in [6.07, 6.45) is 5.56. The molecule has 0 amide bonds. The minimum atomic E-state index is -1.04. The van der Waals surface area contributed by atoms with Crippen LogP contribution in [0.5, 0.6) is 5.75 Å². The maximum absolute atomic E-state index is 10.8. The fourth-order valence-corrected chi connectivity index (χ4v) is 1.99. The number of hydrogen-bond donors (Lipinski definition) is 2. The third-order valence-corrected chi connectivity index (χ3v) is 2.92. The van der Waals surface area contributed by atoms with Crippen molar-refractivity contribution in [3.8, 4) is 5.75 Å². The van der Waals surface area contributed by atoms with Crippen molar-refractivity contribution in [1.29, 1.82) is 0 Å². The zero-order valence-corrected chi connectivity index (χ0v) is 9.37. The molecule has 2 N–H and O–H groups in total. The number of nitrogens with zero attached hydrogens (tertiary/aromatic N) is 1.